The van der Waals surface area contributed by atoms with Crippen LogP contribution in [0.5, 0.6) is 5.75 Å². The Hall–Kier alpha value is -1.94. The van der Waals surface area contributed by atoms with Gasteiger partial charge in [0.25, 0.3) is 5.91 Å². The molecule has 1 N–H and O–H groups in total. The van der Waals surface area contributed by atoms with Crippen molar-refractivity contribution >= 4 is 17.5 Å². The zero-order valence-corrected chi connectivity index (χ0v) is 12.2. The molecule has 1 amide bonds. The predicted molar refractivity (Wildman–Crippen MR) is 79.5 cm³/mol. The van der Waals surface area contributed by atoms with Crippen LogP contribution in [-0.4, -0.2) is 12.5 Å². The van der Waals surface area contributed by atoms with Crippen LogP contribution in [0.3, 0.4) is 0 Å². The zero-order chi connectivity index (χ0) is 14.7. The quantitative estimate of drug-likeness (QED) is 0.886. The van der Waals surface area contributed by atoms with Crippen LogP contribution in [0.1, 0.15) is 29.2 Å². The first-order chi connectivity index (χ1) is 10.2. The number of amides is 1. The van der Waals surface area contributed by atoms with E-state index in [1.54, 1.807) is 36.4 Å². The van der Waals surface area contributed by atoms with Crippen LogP contribution in [0.4, 0.5) is 0 Å². The number of ether oxygens (including phenoxy) is 1. The summed E-state index contributed by atoms with van der Waals surface area (Å²) in [5.74, 6) is 2.12. The van der Waals surface area contributed by atoms with E-state index in [1.807, 2.05) is 0 Å². The first-order valence-electron chi connectivity index (χ1n) is 6.96. The molecule has 21 heavy (non-hydrogen) atoms. The lowest BCUT2D eigenvalue weighted by atomic mass is 10.3. The maximum absolute atomic E-state index is 11.8. The van der Waals surface area contributed by atoms with Gasteiger partial charge in [0.05, 0.1) is 0 Å². The summed E-state index contributed by atoms with van der Waals surface area (Å²) in [5, 5.41) is 3.53. The van der Waals surface area contributed by atoms with Gasteiger partial charge in [-0.05, 0) is 55.2 Å². The highest BCUT2D eigenvalue weighted by molar-refractivity contribution is 6.30. The molecule has 0 bridgehead atoms. The number of rotatable bonds is 6. The van der Waals surface area contributed by atoms with Crippen LogP contribution in [0.25, 0.3) is 0 Å². The van der Waals surface area contributed by atoms with Crippen molar-refractivity contribution in [2.24, 2.45) is 5.92 Å². The molecular weight excluding hydrogens is 290 g/mol. The maximum Gasteiger partial charge on any atom is 0.287 e. The van der Waals surface area contributed by atoms with Crippen molar-refractivity contribution < 1.29 is 13.9 Å². The second-order valence-electron chi connectivity index (χ2n) is 5.16. The number of nitrogens with one attached hydrogen (secondary N) is 1. The van der Waals surface area contributed by atoms with Gasteiger partial charge in [-0.2, -0.15) is 0 Å². The van der Waals surface area contributed by atoms with Crippen LogP contribution in [-0.2, 0) is 6.61 Å². The van der Waals surface area contributed by atoms with Gasteiger partial charge in [-0.3, -0.25) is 4.79 Å². The van der Waals surface area contributed by atoms with Crippen LogP contribution in [0.2, 0.25) is 5.02 Å². The Morgan fingerprint density at radius 3 is 2.71 bits per heavy atom. The summed E-state index contributed by atoms with van der Waals surface area (Å²) in [6.07, 6.45) is 2.41. The Kier molecular flexibility index (Phi) is 4.15. The zero-order valence-electron chi connectivity index (χ0n) is 11.5. The highest BCUT2D eigenvalue weighted by Gasteiger charge is 2.22. The van der Waals surface area contributed by atoms with Crippen molar-refractivity contribution in [1.29, 1.82) is 0 Å². The number of benzene rings is 1. The molecule has 0 saturated heterocycles. The summed E-state index contributed by atoms with van der Waals surface area (Å²) >= 11 is 5.80. The molecular formula is C16H16ClNO3. The monoisotopic (exact) mass is 305 g/mol. The average molecular weight is 306 g/mol. The van der Waals surface area contributed by atoms with Crippen molar-refractivity contribution in [1.82, 2.24) is 5.32 Å². The highest BCUT2D eigenvalue weighted by Crippen LogP contribution is 2.27. The van der Waals surface area contributed by atoms with Gasteiger partial charge < -0.3 is 14.5 Å². The van der Waals surface area contributed by atoms with E-state index in [4.69, 9.17) is 20.8 Å². The third-order valence-corrected chi connectivity index (χ3v) is 3.58. The molecule has 1 aromatic heterocycles. The molecule has 1 fully saturated rings. The van der Waals surface area contributed by atoms with E-state index in [0.717, 1.165) is 6.54 Å². The Labute approximate surface area is 128 Å². The van der Waals surface area contributed by atoms with Crippen molar-refractivity contribution in [3.8, 4) is 5.75 Å². The molecule has 0 radical (unpaired) electrons. The molecule has 5 heteroatoms. The lowest BCUT2D eigenvalue weighted by Crippen LogP contribution is -2.24. The summed E-state index contributed by atoms with van der Waals surface area (Å²) in [4.78, 5) is 11.8. The fourth-order valence-electron chi connectivity index (χ4n) is 1.91. The molecule has 3 rings (SSSR count). The van der Waals surface area contributed by atoms with Gasteiger partial charge in [0.15, 0.2) is 5.76 Å². The second-order valence-corrected chi connectivity index (χ2v) is 5.60. The Morgan fingerprint density at radius 2 is 2.00 bits per heavy atom. The van der Waals surface area contributed by atoms with E-state index >= 15 is 0 Å². The minimum atomic E-state index is -0.167. The lowest BCUT2D eigenvalue weighted by Gasteiger charge is -2.04. The summed E-state index contributed by atoms with van der Waals surface area (Å²) in [6.45, 7) is 1.01. The van der Waals surface area contributed by atoms with Gasteiger partial charge in [0.1, 0.15) is 18.1 Å². The number of hydrogen-bond acceptors (Lipinski definition) is 3. The van der Waals surface area contributed by atoms with Crippen molar-refractivity contribution in [2.45, 2.75) is 19.4 Å². The minimum absolute atomic E-state index is 0.167. The highest BCUT2D eigenvalue weighted by atomic mass is 35.5. The molecule has 0 unspecified atom stereocenters. The molecule has 0 aliphatic heterocycles. The lowest BCUT2D eigenvalue weighted by molar-refractivity contribution is 0.0920. The average Bonchev–Trinajstić information content (AvgIpc) is 3.20. The Bertz CT molecular complexity index is 617. The van der Waals surface area contributed by atoms with Crippen molar-refractivity contribution in [3.05, 3.63) is 52.9 Å². The third-order valence-electron chi connectivity index (χ3n) is 3.33. The van der Waals surface area contributed by atoms with E-state index < -0.39 is 0 Å². The number of carbonyl (C=O) groups excluding carboxylic acids is 1. The summed E-state index contributed by atoms with van der Waals surface area (Å²) in [6, 6.07) is 10.5. The first-order valence-corrected chi connectivity index (χ1v) is 7.34. The molecule has 2 aromatic rings. The van der Waals surface area contributed by atoms with Crippen molar-refractivity contribution in [2.75, 3.05) is 6.54 Å². The van der Waals surface area contributed by atoms with E-state index in [2.05, 4.69) is 5.32 Å². The summed E-state index contributed by atoms with van der Waals surface area (Å²) in [5.41, 5.74) is 0. The van der Waals surface area contributed by atoms with Gasteiger partial charge in [-0.25, -0.2) is 0 Å². The number of furan rings is 1. The molecule has 0 spiro atoms. The number of carbonyl (C=O) groups is 1. The van der Waals surface area contributed by atoms with Gasteiger partial charge in [-0.15, -0.1) is 0 Å². The number of hydrogen-bond donors (Lipinski definition) is 1. The first kappa shape index (κ1) is 14.0. The molecule has 1 saturated carbocycles. The maximum atomic E-state index is 11.8. The summed E-state index contributed by atoms with van der Waals surface area (Å²) < 4.78 is 11.0. The summed E-state index contributed by atoms with van der Waals surface area (Å²) in [7, 11) is 0. The van der Waals surface area contributed by atoms with Crippen LogP contribution < -0.4 is 10.1 Å². The Morgan fingerprint density at radius 1 is 1.24 bits per heavy atom. The predicted octanol–water partition coefficient (Wildman–Crippen LogP) is 3.65. The SMILES string of the molecule is O=C(NCC1CC1)c1ccc(COc2ccc(Cl)cc2)o1. The van der Waals surface area contributed by atoms with E-state index in [0.29, 0.717) is 28.2 Å². The van der Waals surface area contributed by atoms with Crippen LogP contribution in [0.15, 0.2) is 40.8 Å². The molecule has 1 aliphatic carbocycles. The fourth-order valence-corrected chi connectivity index (χ4v) is 2.03. The topological polar surface area (TPSA) is 51.5 Å². The van der Waals surface area contributed by atoms with Gasteiger partial charge >= 0.3 is 0 Å². The third kappa shape index (κ3) is 4.02. The van der Waals surface area contributed by atoms with E-state index in [-0.39, 0.29) is 12.5 Å². The van der Waals surface area contributed by atoms with Crippen LogP contribution >= 0.6 is 11.6 Å². The smallest absolute Gasteiger partial charge is 0.287 e. The van der Waals surface area contributed by atoms with E-state index in [1.165, 1.54) is 12.8 Å². The standard InChI is InChI=1S/C16H16ClNO3/c17-12-3-5-13(6-4-12)20-10-14-7-8-15(21-14)16(19)18-9-11-1-2-11/h3-8,11H,1-2,9-10H2,(H,18,19). The second kappa shape index (κ2) is 6.22. The molecule has 1 aromatic carbocycles. The largest absolute Gasteiger partial charge is 0.486 e. The number of halogens is 1. The molecule has 1 aliphatic rings. The molecule has 0 atom stereocenters. The normalized spacial score (nSPS) is 14.0. The molecule has 4 nitrogen and oxygen atoms in total. The van der Waals surface area contributed by atoms with Gasteiger partial charge in [0, 0.05) is 11.6 Å². The fraction of sp³-hybridized carbons (Fsp3) is 0.312. The minimum Gasteiger partial charge on any atom is -0.486 e. The van der Waals surface area contributed by atoms with Gasteiger partial charge in [-0.1, -0.05) is 11.6 Å². The van der Waals surface area contributed by atoms with Crippen LogP contribution in [0, 0.1) is 5.92 Å². The molecule has 110 valence electrons. The Balaban J connectivity index is 1.51. The molecule has 1 heterocycles. The van der Waals surface area contributed by atoms with Crippen molar-refractivity contribution in [3.63, 3.8) is 0 Å². The van der Waals surface area contributed by atoms with E-state index in [9.17, 15) is 4.79 Å². The van der Waals surface area contributed by atoms with Gasteiger partial charge in [0.2, 0.25) is 0 Å².